The highest BCUT2D eigenvalue weighted by Gasteiger charge is 2.17. The van der Waals surface area contributed by atoms with E-state index in [1.54, 1.807) is 31.2 Å². The van der Waals surface area contributed by atoms with Crippen molar-refractivity contribution in [1.29, 1.82) is 0 Å². The van der Waals surface area contributed by atoms with E-state index in [2.05, 4.69) is 14.8 Å². The highest BCUT2D eigenvalue weighted by molar-refractivity contribution is 7.92. The number of carbonyl (C=O) groups is 1. The summed E-state index contributed by atoms with van der Waals surface area (Å²) in [6.07, 6.45) is -0.0356. The first-order chi connectivity index (χ1) is 15.1. The first-order valence-corrected chi connectivity index (χ1v) is 11.2. The van der Waals surface area contributed by atoms with Gasteiger partial charge in [-0.25, -0.2) is 8.42 Å². The molecular weight excluding hydrogens is 462 g/mol. The zero-order valence-corrected chi connectivity index (χ0v) is 18.4. The number of anilines is 2. The predicted octanol–water partition coefficient (Wildman–Crippen LogP) is 5.23. The average molecular weight is 481 g/mol. The van der Waals surface area contributed by atoms with Crippen molar-refractivity contribution in [2.75, 3.05) is 10.0 Å². The molecule has 0 unspecified atom stereocenters. The van der Waals surface area contributed by atoms with E-state index in [4.69, 9.17) is 11.6 Å². The van der Waals surface area contributed by atoms with Crippen molar-refractivity contribution < 1.29 is 26.7 Å². The Kier molecular flexibility index (Phi) is 7.32. The summed E-state index contributed by atoms with van der Waals surface area (Å²) in [5.74, 6) is -0.405. The van der Waals surface area contributed by atoms with Gasteiger partial charge in [0.25, 0.3) is 10.0 Å². The Morgan fingerprint density at radius 1 is 1.06 bits per heavy atom. The molecule has 0 aliphatic rings. The lowest BCUT2D eigenvalue weighted by Gasteiger charge is -2.13. The normalized spacial score (nSPS) is 11.3. The topological polar surface area (TPSA) is 84.5 Å². The molecule has 0 spiro atoms. The van der Waals surface area contributed by atoms with E-state index in [-0.39, 0.29) is 17.1 Å². The molecule has 1 amide bonds. The molecule has 3 aromatic rings. The van der Waals surface area contributed by atoms with Crippen LogP contribution in [0, 0.1) is 6.92 Å². The molecule has 0 saturated carbocycles. The number of hydrogen-bond acceptors (Lipinski definition) is 4. The van der Waals surface area contributed by atoms with Gasteiger partial charge in [-0.15, -0.1) is 0 Å². The van der Waals surface area contributed by atoms with Crippen LogP contribution in [0.25, 0.3) is 0 Å². The van der Waals surface area contributed by atoms with Gasteiger partial charge in [-0.05, 0) is 60.5 Å². The first-order valence-electron chi connectivity index (χ1n) is 9.35. The minimum Gasteiger partial charge on any atom is -0.435 e. The highest BCUT2D eigenvalue weighted by atomic mass is 35.5. The number of ether oxygens (including phenoxy) is 1. The molecule has 3 aromatic carbocycles. The molecule has 3 rings (SSSR count). The van der Waals surface area contributed by atoms with E-state index in [9.17, 15) is 22.0 Å². The number of hydrogen-bond donors (Lipinski definition) is 2. The Morgan fingerprint density at radius 2 is 1.78 bits per heavy atom. The van der Waals surface area contributed by atoms with Gasteiger partial charge >= 0.3 is 6.61 Å². The second kappa shape index (κ2) is 9.97. The molecule has 0 aromatic heterocycles. The Labute approximate surface area is 189 Å². The second-order valence-corrected chi connectivity index (χ2v) is 8.96. The molecule has 32 heavy (non-hydrogen) atoms. The number of benzene rings is 3. The van der Waals surface area contributed by atoms with E-state index in [0.29, 0.717) is 27.5 Å². The van der Waals surface area contributed by atoms with Gasteiger partial charge in [0.2, 0.25) is 5.91 Å². The molecule has 0 fully saturated rings. The third-order valence-electron chi connectivity index (χ3n) is 4.38. The lowest BCUT2D eigenvalue weighted by atomic mass is 10.1. The third kappa shape index (κ3) is 6.41. The number of aryl methyl sites for hydroxylation is 1. The molecule has 0 aliphatic carbocycles. The maximum Gasteiger partial charge on any atom is 0.387 e. The molecule has 0 bridgehead atoms. The molecule has 2 N–H and O–H groups in total. The first kappa shape index (κ1) is 23.5. The van der Waals surface area contributed by atoms with Gasteiger partial charge in [-0.1, -0.05) is 35.9 Å². The van der Waals surface area contributed by atoms with Crippen LogP contribution in [0.5, 0.6) is 5.75 Å². The summed E-state index contributed by atoms with van der Waals surface area (Å²) in [5, 5.41) is 3.07. The van der Waals surface area contributed by atoms with E-state index in [1.807, 2.05) is 0 Å². The summed E-state index contributed by atoms with van der Waals surface area (Å²) in [4.78, 5) is 12.4. The zero-order chi connectivity index (χ0) is 23.3. The van der Waals surface area contributed by atoms with Crippen molar-refractivity contribution in [3.63, 3.8) is 0 Å². The van der Waals surface area contributed by atoms with Gasteiger partial charge in [0.15, 0.2) is 0 Å². The fraction of sp³-hybridized carbons (Fsp3) is 0.136. The molecule has 0 heterocycles. The average Bonchev–Trinajstić information content (AvgIpc) is 2.70. The van der Waals surface area contributed by atoms with Crippen LogP contribution in [-0.2, 0) is 21.2 Å². The van der Waals surface area contributed by atoms with E-state index < -0.39 is 22.5 Å². The number of alkyl halides is 2. The number of carbonyl (C=O) groups excluding carboxylic acids is 1. The van der Waals surface area contributed by atoms with Crippen molar-refractivity contribution in [1.82, 2.24) is 0 Å². The van der Waals surface area contributed by atoms with Crippen molar-refractivity contribution in [3.8, 4) is 5.75 Å². The zero-order valence-electron chi connectivity index (χ0n) is 16.8. The third-order valence-corrected chi connectivity index (χ3v) is 6.00. The van der Waals surface area contributed by atoms with Crippen LogP contribution in [0.2, 0.25) is 5.02 Å². The van der Waals surface area contributed by atoms with Crippen molar-refractivity contribution >= 4 is 38.9 Å². The lowest BCUT2D eigenvalue weighted by molar-refractivity contribution is -0.115. The summed E-state index contributed by atoms with van der Waals surface area (Å²) in [5.41, 5.74) is 1.89. The predicted molar refractivity (Wildman–Crippen MR) is 119 cm³/mol. The number of amides is 1. The summed E-state index contributed by atoms with van der Waals surface area (Å²) in [6.45, 7) is -1.20. The molecule has 0 atom stereocenters. The maximum atomic E-state index is 12.7. The minimum absolute atomic E-state index is 0.00915. The number of halogens is 3. The van der Waals surface area contributed by atoms with Crippen LogP contribution < -0.4 is 14.8 Å². The van der Waals surface area contributed by atoms with Gasteiger partial charge in [-0.2, -0.15) is 8.78 Å². The minimum atomic E-state index is -3.91. The van der Waals surface area contributed by atoms with Crippen molar-refractivity contribution in [2.45, 2.75) is 24.9 Å². The van der Waals surface area contributed by atoms with E-state index in [0.717, 1.165) is 0 Å². The Hall–Kier alpha value is -3.17. The Morgan fingerprint density at radius 3 is 2.44 bits per heavy atom. The van der Waals surface area contributed by atoms with Crippen LogP contribution >= 0.6 is 11.6 Å². The number of rotatable bonds is 8. The summed E-state index contributed by atoms with van der Waals surface area (Å²) in [6, 6.07) is 16.3. The van der Waals surface area contributed by atoms with Gasteiger partial charge < -0.3 is 10.1 Å². The number of sulfonamides is 1. The Bertz CT molecular complexity index is 1220. The molecule has 0 aliphatic heterocycles. The largest absolute Gasteiger partial charge is 0.435 e. The van der Waals surface area contributed by atoms with Crippen LogP contribution in [0.1, 0.15) is 11.1 Å². The van der Waals surface area contributed by atoms with Crippen molar-refractivity contribution in [2.24, 2.45) is 0 Å². The maximum absolute atomic E-state index is 12.7. The van der Waals surface area contributed by atoms with Gasteiger partial charge in [-0.3, -0.25) is 9.52 Å². The van der Waals surface area contributed by atoms with Crippen LogP contribution in [0.3, 0.4) is 0 Å². The fourth-order valence-electron chi connectivity index (χ4n) is 2.84. The molecule has 0 saturated heterocycles. The number of nitrogens with one attached hydrogen (secondary N) is 2. The van der Waals surface area contributed by atoms with E-state index >= 15 is 0 Å². The smallest absolute Gasteiger partial charge is 0.387 e. The standard InChI is InChI=1S/C22H19ClF2N2O4S/c1-14-5-10-19(32(29,30)27-17-4-2-3-16(23)12-17)13-20(14)26-21(28)11-15-6-8-18(9-7-15)31-22(24)25/h2-10,12-13,22,27H,11H2,1H3,(H,26,28). The molecule has 0 radical (unpaired) electrons. The van der Waals surface area contributed by atoms with E-state index in [1.165, 1.54) is 42.5 Å². The molecule has 6 nitrogen and oxygen atoms in total. The lowest BCUT2D eigenvalue weighted by Crippen LogP contribution is -2.17. The SMILES string of the molecule is Cc1ccc(S(=O)(=O)Nc2cccc(Cl)c2)cc1NC(=O)Cc1ccc(OC(F)F)cc1. The Balaban J connectivity index is 1.71. The van der Waals surface area contributed by atoms with Gasteiger partial charge in [0.05, 0.1) is 17.0 Å². The van der Waals surface area contributed by atoms with Gasteiger partial charge in [0, 0.05) is 10.7 Å². The molecule has 168 valence electrons. The van der Waals surface area contributed by atoms with Crippen LogP contribution in [-0.4, -0.2) is 20.9 Å². The van der Waals surface area contributed by atoms with Crippen LogP contribution in [0.4, 0.5) is 20.2 Å². The fourth-order valence-corrected chi connectivity index (χ4v) is 4.10. The van der Waals surface area contributed by atoms with Crippen LogP contribution in [0.15, 0.2) is 71.6 Å². The molecule has 10 heteroatoms. The summed E-state index contributed by atoms with van der Waals surface area (Å²) < 4.78 is 56.6. The second-order valence-electron chi connectivity index (χ2n) is 6.84. The van der Waals surface area contributed by atoms with Gasteiger partial charge in [0.1, 0.15) is 5.75 Å². The quantitative estimate of drug-likeness (QED) is 0.462. The highest BCUT2D eigenvalue weighted by Crippen LogP contribution is 2.24. The summed E-state index contributed by atoms with van der Waals surface area (Å²) >= 11 is 5.90. The molecular formula is C22H19ClF2N2O4S. The summed E-state index contributed by atoms with van der Waals surface area (Å²) in [7, 11) is -3.91. The van der Waals surface area contributed by atoms with Crippen molar-refractivity contribution in [3.05, 3.63) is 82.9 Å². The monoisotopic (exact) mass is 480 g/mol.